The Balaban J connectivity index is 2.66. The molecule has 0 saturated heterocycles. The molecule has 0 N–H and O–H groups in total. The molecule has 272 valence electrons. The first kappa shape index (κ1) is 41.7. The van der Waals surface area contributed by atoms with Crippen molar-refractivity contribution < 1.29 is 9.30 Å². The Hall–Kier alpha value is -5.69. The fourth-order valence-corrected chi connectivity index (χ4v) is 5.84. The third kappa shape index (κ3) is 11.1. The Labute approximate surface area is 320 Å². The highest BCUT2D eigenvalue weighted by atomic mass is 16.5. The summed E-state index contributed by atoms with van der Waals surface area (Å²) in [6, 6.07) is 19.3. The molecular weight excluding hydrogens is 643 g/mol. The van der Waals surface area contributed by atoms with Gasteiger partial charge in [0, 0.05) is 46.5 Å². The van der Waals surface area contributed by atoms with Crippen LogP contribution in [0.5, 0.6) is 5.75 Å². The molecule has 0 radical (unpaired) electrons. The molecule has 0 saturated carbocycles. The maximum Gasteiger partial charge on any atom is 0.219 e. The zero-order valence-corrected chi connectivity index (χ0v) is 32.9. The van der Waals surface area contributed by atoms with E-state index in [9.17, 15) is 0 Å². The molecule has 0 unspecified atom stereocenters. The van der Waals surface area contributed by atoms with Crippen LogP contribution >= 0.6 is 0 Å². The van der Waals surface area contributed by atoms with Gasteiger partial charge in [-0.15, -0.1) is 12.3 Å². The van der Waals surface area contributed by atoms with E-state index < -0.39 is 0 Å². The van der Waals surface area contributed by atoms with Crippen molar-refractivity contribution in [3.63, 3.8) is 0 Å². The number of nitrogens with zero attached hydrogens (tertiary/aromatic N) is 1. The third-order valence-corrected chi connectivity index (χ3v) is 9.18. The minimum absolute atomic E-state index is 0.198. The minimum atomic E-state index is 0.198. The summed E-state index contributed by atoms with van der Waals surface area (Å²) in [5.74, 6) is 0.720. The van der Waals surface area contributed by atoms with Gasteiger partial charge in [0.15, 0.2) is 0 Å². The van der Waals surface area contributed by atoms with Crippen LogP contribution in [0.2, 0.25) is 0 Å². The van der Waals surface area contributed by atoms with E-state index in [1.165, 1.54) is 0 Å². The Morgan fingerprint density at radius 1 is 0.868 bits per heavy atom. The van der Waals surface area contributed by atoms with Crippen molar-refractivity contribution in [2.24, 2.45) is 5.41 Å². The first-order valence-electron chi connectivity index (χ1n) is 18.5. The van der Waals surface area contributed by atoms with Crippen molar-refractivity contribution >= 4 is 22.3 Å². The average molecular weight is 701 g/mol. The molecule has 2 aromatic carbocycles. The molecule has 0 bridgehead atoms. The number of rotatable bonds is 19. The van der Waals surface area contributed by atoms with Gasteiger partial charge in [-0.1, -0.05) is 152 Å². The van der Waals surface area contributed by atoms with Crippen molar-refractivity contribution in [1.82, 2.24) is 0 Å². The summed E-state index contributed by atoms with van der Waals surface area (Å²) in [6.45, 7) is 32.0. The van der Waals surface area contributed by atoms with Gasteiger partial charge >= 0.3 is 0 Å². The lowest BCUT2D eigenvalue weighted by Gasteiger charge is -2.19. The molecule has 2 nitrogen and oxygen atoms in total. The highest BCUT2D eigenvalue weighted by Gasteiger charge is 2.28. The second-order valence-corrected chi connectivity index (χ2v) is 13.5. The summed E-state index contributed by atoms with van der Waals surface area (Å²) in [4.78, 5) is 0. The van der Waals surface area contributed by atoms with Gasteiger partial charge in [0.1, 0.15) is 5.75 Å². The summed E-state index contributed by atoms with van der Waals surface area (Å²) in [6.07, 6.45) is 29.9. The summed E-state index contributed by atoms with van der Waals surface area (Å²) in [7, 11) is 1.71. The van der Waals surface area contributed by atoms with Crippen LogP contribution in [0.15, 0.2) is 172 Å². The first-order chi connectivity index (χ1) is 25.6. The number of benzene rings is 2. The van der Waals surface area contributed by atoms with Crippen LogP contribution in [-0.2, 0) is 0 Å². The van der Waals surface area contributed by atoms with E-state index in [1.54, 1.807) is 13.2 Å². The van der Waals surface area contributed by atoms with Gasteiger partial charge in [-0.25, -0.2) is 0 Å². The van der Waals surface area contributed by atoms with Crippen LogP contribution in [-0.4, -0.2) is 7.11 Å². The standard InChI is InChI=1S/C51H58NO/c1-12-19-22-31-41(17-6)49-36-44(42-32-23-21-24-33-42)35-48(40(16-5)30-20-13-2)52(49)45-37-46(39(8)29-25-26-34-51(9,10)18-7)50(53-11)47(38-45)43(27-14-3)28-15-4/h13-17,19,21-24,26-33,35-38H,2-3,5-6,8,12,18,20,34H2,1,4,7,9-11H3/q+1/b22-19-,28-15-,40-30?,41-31+,43-27+. The molecule has 0 spiro atoms. The molecule has 0 fully saturated rings. The lowest BCUT2D eigenvalue weighted by atomic mass is 9.86. The topological polar surface area (TPSA) is 13.1 Å². The minimum Gasteiger partial charge on any atom is -0.495 e. The molecule has 0 aliphatic heterocycles. The maximum absolute atomic E-state index is 6.22. The Bertz CT molecular complexity index is 2010. The zero-order chi connectivity index (χ0) is 38.8. The van der Waals surface area contributed by atoms with Gasteiger partial charge < -0.3 is 4.74 Å². The van der Waals surface area contributed by atoms with E-state index in [0.29, 0.717) is 6.42 Å². The molecule has 1 aromatic heterocycles. The van der Waals surface area contributed by atoms with Gasteiger partial charge in [0.05, 0.1) is 7.11 Å². The second kappa shape index (κ2) is 21.0. The molecule has 1 heterocycles. The van der Waals surface area contributed by atoms with E-state index in [0.717, 1.165) is 86.6 Å². The fraction of sp³-hybridized carbons (Fsp3) is 0.216. The van der Waals surface area contributed by atoms with Crippen LogP contribution in [0.4, 0.5) is 0 Å². The maximum atomic E-state index is 6.22. The third-order valence-electron chi connectivity index (χ3n) is 9.18. The van der Waals surface area contributed by atoms with Gasteiger partial charge in [-0.2, -0.15) is 4.57 Å². The van der Waals surface area contributed by atoms with Gasteiger partial charge in [-0.3, -0.25) is 0 Å². The number of allylic oxidation sites excluding steroid dienone is 16. The van der Waals surface area contributed by atoms with E-state index >= 15 is 0 Å². The number of ether oxygens (including phenoxy) is 1. The number of methoxy groups -OCH3 is 1. The van der Waals surface area contributed by atoms with E-state index in [-0.39, 0.29) is 5.41 Å². The average Bonchev–Trinajstić information content (AvgIpc) is 3.17. The number of pyridine rings is 1. The summed E-state index contributed by atoms with van der Waals surface area (Å²) >= 11 is 0. The molecule has 3 aromatic rings. The second-order valence-electron chi connectivity index (χ2n) is 13.5. The molecule has 3 rings (SSSR count). The highest BCUT2D eigenvalue weighted by Crippen LogP contribution is 2.38. The molecule has 0 aliphatic carbocycles. The summed E-state index contributed by atoms with van der Waals surface area (Å²) < 4.78 is 8.51. The Morgan fingerprint density at radius 2 is 1.55 bits per heavy atom. The SMILES string of the molecule is C=C/C=C(\C=C/C)c1cc(-[n+]2c(C(C=C)=CCC=C)cc(-c3ccccc3)cc2/C(C=C)=C/C=C\CC)cc(C(=C)C=C=CCC(C)(C)CC)c1OC. The highest BCUT2D eigenvalue weighted by molar-refractivity contribution is 5.87. The Kier molecular flexibility index (Phi) is 16.5. The van der Waals surface area contributed by atoms with Crippen LogP contribution < -0.4 is 9.30 Å². The number of aromatic nitrogens is 1. The van der Waals surface area contributed by atoms with Crippen LogP contribution in [0, 0.1) is 5.41 Å². The van der Waals surface area contributed by atoms with Gasteiger partial charge in [0.25, 0.3) is 0 Å². The van der Waals surface area contributed by atoms with Crippen molar-refractivity contribution in [3.8, 4) is 22.6 Å². The van der Waals surface area contributed by atoms with Crippen molar-refractivity contribution in [1.29, 1.82) is 0 Å². The van der Waals surface area contributed by atoms with Gasteiger partial charge in [-0.05, 0) is 72.1 Å². The molecule has 53 heavy (non-hydrogen) atoms. The summed E-state index contributed by atoms with van der Waals surface area (Å²) in [5, 5.41) is 0. The molecule has 0 atom stereocenters. The normalized spacial score (nSPS) is 12.4. The quantitative estimate of drug-likeness (QED) is 0.0525. The van der Waals surface area contributed by atoms with Crippen LogP contribution in [0.1, 0.15) is 82.8 Å². The molecular formula is C51H58NO+. The summed E-state index contributed by atoms with van der Waals surface area (Å²) in [5.41, 5.74) is 14.1. The van der Waals surface area contributed by atoms with E-state index in [2.05, 4.69) is 156 Å². The molecule has 2 heteroatoms. The Morgan fingerprint density at radius 3 is 2.13 bits per heavy atom. The lowest BCUT2D eigenvalue weighted by Crippen LogP contribution is -2.40. The van der Waals surface area contributed by atoms with Crippen molar-refractivity contribution in [2.45, 2.75) is 60.3 Å². The molecule has 0 amide bonds. The largest absolute Gasteiger partial charge is 0.495 e. The fourth-order valence-electron chi connectivity index (χ4n) is 5.84. The van der Waals surface area contributed by atoms with Crippen LogP contribution in [0.3, 0.4) is 0 Å². The number of hydrogen-bond acceptors (Lipinski definition) is 1. The van der Waals surface area contributed by atoms with Crippen molar-refractivity contribution in [2.75, 3.05) is 7.11 Å². The van der Waals surface area contributed by atoms with E-state index in [4.69, 9.17) is 4.74 Å². The predicted octanol–water partition coefficient (Wildman–Crippen LogP) is 14.0. The lowest BCUT2D eigenvalue weighted by molar-refractivity contribution is -0.600. The monoisotopic (exact) mass is 700 g/mol. The van der Waals surface area contributed by atoms with Gasteiger partial charge in [0.2, 0.25) is 17.1 Å². The zero-order valence-electron chi connectivity index (χ0n) is 32.9. The van der Waals surface area contributed by atoms with Crippen LogP contribution in [0.25, 0.3) is 39.1 Å². The predicted molar refractivity (Wildman–Crippen MR) is 234 cm³/mol. The van der Waals surface area contributed by atoms with E-state index in [1.807, 2.05) is 49.4 Å². The smallest absolute Gasteiger partial charge is 0.219 e. The first-order valence-corrected chi connectivity index (χ1v) is 18.5. The number of hydrogen-bond donors (Lipinski definition) is 0. The van der Waals surface area contributed by atoms with Crippen molar-refractivity contribution in [3.05, 3.63) is 195 Å². The molecule has 0 aliphatic rings.